The predicted molar refractivity (Wildman–Crippen MR) is 106 cm³/mol. The van der Waals surface area contributed by atoms with E-state index in [0.717, 1.165) is 25.9 Å². The van der Waals surface area contributed by atoms with Crippen molar-refractivity contribution in [3.05, 3.63) is 23.2 Å². The van der Waals surface area contributed by atoms with Gasteiger partial charge >= 0.3 is 0 Å². The van der Waals surface area contributed by atoms with Gasteiger partial charge in [0.15, 0.2) is 5.11 Å². The highest BCUT2D eigenvalue weighted by atomic mass is 35.5. The van der Waals surface area contributed by atoms with Crippen LogP contribution in [0.15, 0.2) is 23.1 Å². The first-order chi connectivity index (χ1) is 12.5. The second-order valence-corrected chi connectivity index (χ2v) is 9.03. The largest absolute Gasteiger partial charge is 0.379 e. The highest BCUT2D eigenvalue weighted by Crippen LogP contribution is 2.27. The Morgan fingerprint density at radius 2 is 1.81 bits per heavy atom. The van der Waals surface area contributed by atoms with Gasteiger partial charge in [0.25, 0.3) is 0 Å². The Morgan fingerprint density at radius 1 is 1.12 bits per heavy atom. The smallest absolute Gasteiger partial charge is 0.243 e. The first-order valence-electron chi connectivity index (χ1n) is 8.67. The average Bonchev–Trinajstić information content (AvgIpc) is 2.65. The molecule has 0 aromatic heterocycles. The molecule has 0 spiro atoms. The Bertz CT molecular complexity index is 748. The molecule has 26 heavy (non-hydrogen) atoms. The van der Waals surface area contributed by atoms with Gasteiger partial charge in [-0.3, -0.25) is 5.43 Å². The number of halogens is 1. The molecule has 7 nitrogen and oxygen atoms in total. The van der Waals surface area contributed by atoms with Crippen LogP contribution in [0.4, 0.5) is 5.69 Å². The summed E-state index contributed by atoms with van der Waals surface area (Å²) < 4.78 is 32.2. The SMILES string of the molecule is O=S(=O)(c1ccc(Cl)c(NC(=S)NN2CCCCC2)c1)N1CCOCC1. The first kappa shape index (κ1) is 19.8. The molecule has 0 radical (unpaired) electrons. The molecule has 0 saturated carbocycles. The molecule has 1 aromatic rings. The molecule has 3 rings (SSSR count). The lowest BCUT2D eigenvalue weighted by molar-refractivity contribution is 0.0730. The van der Waals surface area contributed by atoms with Crippen LogP contribution in [0.1, 0.15) is 19.3 Å². The molecule has 2 N–H and O–H groups in total. The molecular weight excluding hydrogens is 396 g/mol. The number of piperidine rings is 1. The van der Waals surface area contributed by atoms with Crippen LogP contribution in [-0.4, -0.2) is 62.2 Å². The zero-order valence-corrected chi connectivity index (χ0v) is 16.8. The Morgan fingerprint density at radius 3 is 2.50 bits per heavy atom. The van der Waals surface area contributed by atoms with Crippen molar-refractivity contribution in [2.45, 2.75) is 24.2 Å². The zero-order valence-electron chi connectivity index (χ0n) is 14.4. The van der Waals surface area contributed by atoms with Gasteiger partial charge < -0.3 is 10.1 Å². The van der Waals surface area contributed by atoms with Crippen molar-refractivity contribution >= 4 is 44.6 Å². The highest BCUT2D eigenvalue weighted by Gasteiger charge is 2.27. The van der Waals surface area contributed by atoms with Crippen molar-refractivity contribution < 1.29 is 13.2 Å². The molecule has 0 unspecified atom stereocenters. The van der Waals surface area contributed by atoms with Crippen molar-refractivity contribution in [1.29, 1.82) is 0 Å². The number of anilines is 1. The number of hydrazine groups is 1. The zero-order chi connectivity index (χ0) is 18.6. The van der Waals surface area contributed by atoms with E-state index in [9.17, 15) is 8.42 Å². The summed E-state index contributed by atoms with van der Waals surface area (Å²) in [5, 5.41) is 5.88. The molecule has 0 atom stereocenters. The van der Waals surface area contributed by atoms with Crippen LogP contribution in [0.3, 0.4) is 0 Å². The monoisotopic (exact) mass is 418 g/mol. The summed E-state index contributed by atoms with van der Waals surface area (Å²) in [4.78, 5) is 0.187. The Labute approximate surface area is 164 Å². The molecule has 2 heterocycles. The summed E-state index contributed by atoms with van der Waals surface area (Å²) in [6.07, 6.45) is 3.49. The van der Waals surface area contributed by atoms with E-state index in [1.807, 2.05) is 0 Å². The van der Waals surface area contributed by atoms with E-state index < -0.39 is 10.0 Å². The number of ether oxygens (including phenoxy) is 1. The van der Waals surface area contributed by atoms with E-state index in [1.54, 1.807) is 6.07 Å². The lowest BCUT2D eigenvalue weighted by Crippen LogP contribution is -2.46. The van der Waals surface area contributed by atoms with Crippen molar-refractivity contribution in [2.75, 3.05) is 44.7 Å². The van der Waals surface area contributed by atoms with Crippen LogP contribution >= 0.6 is 23.8 Å². The fourth-order valence-electron chi connectivity index (χ4n) is 3.00. The Kier molecular flexibility index (Phi) is 6.70. The van der Waals surface area contributed by atoms with Crippen LogP contribution in [-0.2, 0) is 14.8 Å². The Balaban J connectivity index is 1.71. The Hall–Kier alpha value is -0.970. The van der Waals surface area contributed by atoms with E-state index in [0.29, 0.717) is 42.1 Å². The number of nitrogens with zero attached hydrogens (tertiary/aromatic N) is 2. The third-order valence-electron chi connectivity index (χ3n) is 4.41. The standard InChI is InChI=1S/C16H23ClN4O3S2/c17-14-5-4-13(26(22,23)21-8-10-24-11-9-21)12-15(14)18-16(25)19-20-6-2-1-3-7-20/h4-5,12H,1-3,6-11H2,(H2,18,19,25). The van der Waals surface area contributed by atoms with Crippen LogP contribution in [0.2, 0.25) is 5.02 Å². The number of hydrogen-bond acceptors (Lipinski definition) is 5. The summed E-state index contributed by atoms with van der Waals surface area (Å²) in [6.45, 7) is 3.37. The fraction of sp³-hybridized carbons (Fsp3) is 0.562. The van der Waals surface area contributed by atoms with Gasteiger partial charge in [-0.05, 0) is 43.3 Å². The van der Waals surface area contributed by atoms with E-state index >= 15 is 0 Å². The minimum atomic E-state index is -3.58. The van der Waals surface area contributed by atoms with Gasteiger partial charge in [-0.1, -0.05) is 18.0 Å². The van der Waals surface area contributed by atoms with Crippen LogP contribution < -0.4 is 10.7 Å². The predicted octanol–water partition coefficient (Wildman–Crippen LogP) is 2.05. The quantitative estimate of drug-likeness (QED) is 0.725. The minimum Gasteiger partial charge on any atom is -0.379 e. The number of sulfonamides is 1. The molecule has 144 valence electrons. The third kappa shape index (κ3) is 4.85. The van der Waals surface area contributed by atoms with Gasteiger partial charge in [0.2, 0.25) is 10.0 Å². The maximum Gasteiger partial charge on any atom is 0.243 e. The van der Waals surface area contributed by atoms with Gasteiger partial charge in [0.05, 0.1) is 28.8 Å². The molecule has 0 amide bonds. The van der Waals surface area contributed by atoms with E-state index in [2.05, 4.69) is 15.8 Å². The van der Waals surface area contributed by atoms with E-state index in [4.69, 9.17) is 28.6 Å². The third-order valence-corrected chi connectivity index (χ3v) is 6.83. The highest BCUT2D eigenvalue weighted by molar-refractivity contribution is 7.89. The number of thiocarbonyl (C=S) groups is 1. The van der Waals surface area contributed by atoms with Crippen molar-refractivity contribution in [3.8, 4) is 0 Å². The summed E-state index contributed by atoms with van der Waals surface area (Å²) >= 11 is 11.6. The topological polar surface area (TPSA) is 73.9 Å². The number of morpholine rings is 1. The normalized spacial score (nSPS) is 19.9. The second kappa shape index (κ2) is 8.81. The van der Waals surface area contributed by atoms with Gasteiger partial charge in [-0.15, -0.1) is 0 Å². The minimum absolute atomic E-state index is 0.187. The molecule has 10 heteroatoms. The van der Waals surface area contributed by atoms with Crippen molar-refractivity contribution in [1.82, 2.24) is 14.7 Å². The summed E-state index contributed by atoms with van der Waals surface area (Å²) in [5.41, 5.74) is 3.60. The van der Waals surface area contributed by atoms with Gasteiger partial charge in [0.1, 0.15) is 0 Å². The lowest BCUT2D eigenvalue weighted by atomic mass is 10.2. The van der Waals surface area contributed by atoms with Gasteiger partial charge in [-0.2, -0.15) is 4.31 Å². The molecule has 2 aliphatic heterocycles. The molecule has 0 aliphatic carbocycles. The van der Waals surface area contributed by atoms with Crippen LogP contribution in [0.25, 0.3) is 0 Å². The summed E-state index contributed by atoms with van der Waals surface area (Å²) in [7, 11) is -3.58. The van der Waals surface area contributed by atoms with Crippen molar-refractivity contribution in [2.24, 2.45) is 0 Å². The molecule has 0 bridgehead atoms. The summed E-state index contributed by atoms with van der Waals surface area (Å²) in [5.74, 6) is 0. The van der Waals surface area contributed by atoms with Gasteiger partial charge in [-0.25, -0.2) is 13.4 Å². The number of benzene rings is 1. The second-order valence-electron chi connectivity index (χ2n) is 6.27. The van der Waals surface area contributed by atoms with Crippen molar-refractivity contribution in [3.63, 3.8) is 0 Å². The number of nitrogens with one attached hydrogen (secondary N) is 2. The maximum absolute atomic E-state index is 12.8. The molecule has 2 fully saturated rings. The molecule has 2 saturated heterocycles. The fourth-order valence-corrected chi connectivity index (χ4v) is 4.83. The van der Waals surface area contributed by atoms with E-state index in [1.165, 1.54) is 22.9 Å². The molecule has 1 aromatic carbocycles. The molecule has 2 aliphatic rings. The number of rotatable bonds is 4. The average molecular weight is 419 g/mol. The number of hydrogen-bond donors (Lipinski definition) is 2. The van der Waals surface area contributed by atoms with Gasteiger partial charge in [0, 0.05) is 26.2 Å². The maximum atomic E-state index is 12.8. The van der Waals surface area contributed by atoms with E-state index in [-0.39, 0.29) is 4.90 Å². The van der Waals surface area contributed by atoms with Crippen LogP contribution in [0, 0.1) is 0 Å². The van der Waals surface area contributed by atoms with Crippen LogP contribution in [0.5, 0.6) is 0 Å². The molecular formula is C16H23ClN4O3S2. The summed E-state index contributed by atoms with van der Waals surface area (Å²) in [6, 6.07) is 4.61. The lowest BCUT2D eigenvalue weighted by Gasteiger charge is -2.28. The first-order valence-corrected chi connectivity index (χ1v) is 10.9.